The Morgan fingerprint density at radius 3 is 2.95 bits per heavy atom. The molecule has 1 fully saturated rings. The van der Waals surface area contributed by atoms with E-state index in [9.17, 15) is 14.5 Å². The van der Waals surface area contributed by atoms with E-state index >= 15 is 0 Å². The molecule has 0 aliphatic carbocycles. The third-order valence-corrected chi connectivity index (χ3v) is 3.88. The van der Waals surface area contributed by atoms with Crippen LogP contribution in [0.25, 0.3) is 0 Å². The number of halogens is 1. The van der Waals surface area contributed by atoms with E-state index in [0.29, 0.717) is 5.69 Å². The summed E-state index contributed by atoms with van der Waals surface area (Å²) in [7, 11) is 0. The van der Waals surface area contributed by atoms with Gasteiger partial charge in [0.2, 0.25) is 0 Å². The fraction of sp³-hybridized carbons (Fsp3) is 0.600. The van der Waals surface area contributed by atoms with Gasteiger partial charge in [-0.05, 0) is 50.9 Å². The topological polar surface area (TPSA) is 58.4 Å². The molecular formula is C15H22FN3O2. The largest absolute Gasteiger partial charge is 0.377 e. The fourth-order valence-electron chi connectivity index (χ4n) is 2.84. The highest BCUT2D eigenvalue weighted by Crippen LogP contribution is 2.27. The average Bonchev–Trinajstić information content (AvgIpc) is 2.67. The second-order valence-electron chi connectivity index (χ2n) is 5.53. The van der Waals surface area contributed by atoms with E-state index in [-0.39, 0.29) is 11.7 Å². The van der Waals surface area contributed by atoms with Crippen LogP contribution in [0.1, 0.15) is 32.6 Å². The Balaban J connectivity index is 2.03. The molecule has 0 aromatic heterocycles. The van der Waals surface area contributed by atoms with Crippen molar-refractivity contribution in [3.05, 3.63) is 34.1 Å². The smallest absolute Gasteiger partial charge is 0.295 e. The van der Waals surface area contributed by atoms with Crippen molar-refractivity contribution < 1.29 is 9.31 Å². The molecule has 0 radical (unpaired) electrons. The third-order valence-electron chi connectivity index (χ3n) is 3.88. The molecule has 1 saturated heterocycles. The lowest BCUT2D eigenvalue weighted by atomic mass is 10.1. The van der Waals surface area contributed by atoms with E-state index < -0.39 is 10.7 Å². The maximum atomic E-state index is 13.1. The lowest BCUT2D eigenvalue weighted by Crippen LogP contribution is -2.27. The van der Waals surface area contributed by atoms with Crippen LogP contribution in [0.15, 0.2) is 18.2 Å². The molecule has 1 atom stereocenters. The minimum Gasteiger partial charge on any atom is -0.377 e. The normalized spacial score (nSPS) is 20.0. The van der Waals surface area contributed by atoms with Gasteiger partial charge in [0, 0.05) is 12.6 Å². The number of benzene rings is 1. The summed E-state index contributed by atoms with van der Waals surface area (Å²) in [5.74, 6) is -0.581. The number of nitrogens with zero attached hydrogens (tertiary/aromatic N) is 2. The van der Waals surface area contributed by atoms with Gasteiger partial charge in [-0.1, -0.05) is 6.92 Å². The van der Waals surface area contributed by atoms with Gasteiger partial charge in [0.05, 0.1) is 11.0 Å². The van der Waals surface area contributed by atoms with Crippen molar-refractivity contribution in [3.8, 4) is 0 Å². The maximum absolute atomic E-state index is 13.1. The van der Waals surface area contributed by atoms with E-state index in [0.717, 1.165) is 51.4 Å². The summed E-state index contributed by atoms with van der Waals surface area (Å²) >= 11 is 0. The molecule has 1 aromatic rings. The second-order valence-corrected chi connectivity index (χ2v) is 5.53. The zero-order valence-corrected chi connectivity index (χ0v) is 12.3. The number of nitro benzene ring substituents is 1. The quantitative estimate of drug-likeness (QED) is 0.668. The van der Waals surface area contributed by atoms with E-state index in [1.807, 2.05) is 0 Å². The van der Waals surface area contributed by atoms with E-state index in [2.05, 4.69) is 17.1 Å². The number of hydrogen-bond acceptors (Lipinski definition) is 4. The Bertz CT molecular complexity index is 496. The number of nitrogens with one attached hydrogen (secondary N) is 1. The predicted octanol–water partition coefficient (Wildman–Crippen LogP) is 3.41. The minimum atomic E-state index is -0.581. The van der Waals surface area contributed by atoms with Gasteiger partial charge in [0.15, 0.2) is 0 Å². The first-order valence-electron chi connectivity index (χ1n) is 7.53. The van der Waals surface area contributed by atoms with Crippen LogP contribution in [0.5, 0.6) is 0 Å². The Kier molecular flexibility index (Phi) is 5.50. The van der Waals surface area contributed by atoms with Gasteiger partial charge >= 0.3 is 0 Å². The Labute approximate surface area is 124 Å². The summed E-state index contributed by atoms with van der Waals surface area (Å²) in [5.41, 5.74) is 0.222. The molecule has 1 aliphatic heterocycles. The number of hydrogen-bond donors (Lipinski definition) is 1. The summed E-state index contributed by atoms with van der Waals surface area (Å²) < 4.78 is 13.1. The van der Waals surface area contributed by atoms with Crippen molar-refractivity contribution in [2.24, 2.45) is 0 Å². The summed E-state index contributed by atoms with van der Waals surface area (Å²) in [6.45, 7) is 5.35. The molecule has 0 amide bonds. The van der Waals surface area contributed by atoms with Crippen LogP contribution in [0.4, 0.5) is 15.8 Å². The molecule has 0 bridgehead atoms. The predicted molar refractivity (Wildman–Crippen MR) is 81.0 cm³/mol. The molecular weight excluding hydrogens is 273 g/mol. The number of likely N-dealkylation sites (tertiary alicyclic amines) is 1. The van der Waals surface area contributed by atoms with Gasteiger partial charge in [-0.2, -0.15) is 0 Å². The average molecular weight is 295 g/mol. The van der Waals surface area contributed by atoms with Gasteiger partial charge in [0.25, 0.3) is 5.69 Å². The molecule has 5 nitrogen and oxygen atoms in total. The molecule has 2 rings (SSSR count). The van der Waals surface area contributed by atoms with Crippen LogP contribution in [0.3, 0.4) is 0 Å². The molecule has 1 unspecified atom stereocenters. The second kappa shape index (κ2) is 7.36. The molecule has 1 N–H and O–H groups in total. The minimum absolute atomic E-state index is 0.190. The van der Waals surface area contributed by atoms with Crippen molar-refractivity contribution in [3.63, 3.8) is 0 Å². The van der Waals surface area contributed by atoms with Crippen molar-refractivity contribution >= 4 is 11.4 Å². The van der Waals surface area contributed by atoms with Gasteiger partial charge in [-0.25, -0.2) is 4.39 Å². The lowest BCUT2D eigenvalue weighted by Gasteiger charge is -2.20. The molecule has 6 heteroatoms. The standard InChI is InChI=1S/C15H22FN3O2/c1-2-8-18-9-3-4-13(7-10-18)17-14-6-5-12(16)11-15(14)19(20)21/h5-6,11,13,17H,2-4,7-10H2,1H3. The van der Waals surface area contributed by atoms with Crippen LogP contribution in [0, 0.1) is 15.9 Å². The van der Waals surface area contributed by atoms with Gasteiger partial charge in [-0.15, -0.1) is 0 Å². The summed E-state index contributed by atoms with van der Waals surface area (Å²) in [4.78, 5) is 12.9. The van der Waals surface area contributed by atoms with Crippen LogP contribution in [-0.2, 0) is 0 Å². The summed E-state index contributed by atoms with van der Waals surface area (Å²) in [6.07, 6.45) is 4.15. The zero-order valence-electron chi connectivity index (χ0n) is 12.3. The highest BCUT2D eigenvalue weighted by molar-refractivity contribution is 5.61. The van der Waals surface area contributed by atoms with Crippen LogP contribution in [0.2, 0.25) is 0 Å². The van der Waals surface area contributed by atoms with E-state index in [1.165, 1.54) is 12.1 Å². The number of rotatable bonds is 5. The van der Waals surface area contributed by atoms with Crippen LogP contribution in [-0.4, -0.2) is 35.5 Å². The maximum Gasteiger partial charge on any atom is 0.295 e. The SMILES string of the molecule is CCCN1CCCC(Nc2ccc(F)cc2[N+](=O)[O-])CC1. The fourth-order valence-corrected chi connectivity index (χ4v) is 2.84. The Morgan fingerprint density at radius 2 is 2.24 bits per heavy atom. The lowest BCUT2D eigenvalue weighted by molar-refractivity contribution is -0.384. The highest BCUT2D eigenvalue weighted by atomic mass is 19.1. The molecule has 1 aromatic carbocycles. The van der Waals surface area contributed by atoms with Gasteiger partial charge < -0.3 is 10.2 Å². The van der Waals surface area contributed by atoms with Crippen molar-refractivity contribution in [2.75, 3.05) is 25.0 Å². The van der Waals surface area contributed by atoms with Crippen molar-refractivity contribution in [2.45, 2.75) is 38.6 Å². The molecule has 21 heavy (non-hydrogen) atoms. The number of anilines is 1. The summed E-state index contributed by atoms with van der Waals surface area (Å²) in [5, 5.41) is 14.2. The molecule has 1 heterocycles. The monoisotopic (exact) mass is 295 g/mol. The van der Waals surface area contributed by atoms with E-state index in [4.69, 9.17) is 0 Å². The van der Waals surface area contributed by atoms with Crippen molar-refractivity contribution in [1.82, 2.24) is 4.90 Å². The summed E-state index contributed by atoms with van der Waals surface area (Å²) in [6, 6.07) is 3.90. The molecule has 0 saturated carbocycles. The van der Waals surface area contributed by atoms with Crippen molar-refractivity contribution in [1.29, 1.82) is 0 Å². The van der Waals surface area contributed by atoms with Gasteiger partial charge in [-0.3, -0.25) is 10.1 Å². The molecule has 1 aliphatic rings. The van der Waals surface area contributed by atoms with E-state index in [1.54, 1.807) is 0 Å². The number of nitro groups is 1. The Hall–Kier alpha value is -1.69. The van der Waals surface area contributed by atoms with Crippen LogP contribution < -0.4 is 5.32 Å². The zero-order chi connectivity index (χ0) is 15.2. The van der Waals surface area contributed by atoms with Crippen LogP contribution >= 0.6 is 0 Å². The first kappa shape index (κ1) is 15.7. The molecule has 116 valence electrons. The highest BCUT2D eigenvalue weighted by Gasteiger charge is 2.20. The molecule has 0 spiro atoms. The third kappa shape index (κ3) is 4.39. The van der Waals surface area contributed by atoms with Gasteiger partial charge in [0.1, 0.15) is 11.5 Å². The first-order chi connectivity index (χ1) is 10.1. The Morgan fingerprint density at radius 1 is 1.43 bits per heavy atom. The first-order valence-corrected chi connectivity index (χ1v) is 7.53.